The normalized spacial score (nSPS) is 28.7. The van der Waals surface area contributed by atoms with Gasteiger partial charge in [-0.2, -0.15) is 0 Å². The summed E-state index contributed by atoms with van der Waals surface area (Å²) in [5.41, 5.74) is 1.20. The van der Waals surface area contributed by atoms with Crippen LogP contribution >= 0.6 is 0 Å². The molecule has 2 fully saturated rings. The lowest BCUT2D eigenvalue weighted by atomic mass is 9.63. The van der Waals surface area contributed by atoms with E-state index in [0.29, 0.717) is 19.0 Å². The molecule has 1 saturated carbocycles. The van der Waals surface area contributed by atoms with Crippen LogP contribution in [0.15, 0.2) is 29.2 Å². The molecule has 2 aliphatic rings. The summed E-state index contributed by atoms with van der Waals surface area (Å²) in [6.07, 6.45) is 2.18. The van der Waals surface area contributed by atoms with Crippen LogP contribution in [-0.2, 0) is 10.0 Å². The third kappa shape index (κ3) is 2.70. The minimum atomic E-state index is -3.83. The summed E-state index contributed by atoms with van der Waals surface area (Å²) in [7, 11) is -3.83. The highest BCUT2D eigenvalue weighted by molar-refractivity contribution is 7.90. The molecule has 1 aliphatic heterocycles. The summed E-state index contributed by atoms with van der Waals surface area (Å²) >= 11 is 0. The fraction of sp³-hybridized carbons (Fsp3) is 0.611. The lowest BCUT2D eigenvalue weighted by Gasteiger charge is -2.50. The largest absolute Gasteiger partial charge is 0.331 e. The second-order valence-corrected chi connectivity index (χ2v) is 9.80. The molecule has 0 spiro atoms. The molecule has 1 heterocycles. The number of carbonyl (C=O) groups excluding carboxylic acids is 1. The van der Waals surface area contributed by atoms with Gasteiger partial charge in [-0.3, -0.25) is 0 Å². The Kier molecular flexibility index (Phi) is 3.94. The Morgan fingerprint density at radius 2 is 1.83 bits per heavy atom. The number of benzene rings is 1. The quantitative estimate of drug-likeness (QED) is 0.891. The number of urea groups is 1. The van der Waals surface area contributed by atoms with Gasteiger partial charge in [-0.15, -0.1) is 0 Å². The lowest BCUT2D eigenvalue weighted by Crippen LogP contribution is -2.56. The van der Waals surface area contributed by atoms with Crippen molar-refractivity contribution in [2.75, 3.05) is 13.1 Å². The number of sulfonamides is 1. The van der Waals surface area contributed by atoms with Crippen molar-refractivity contribution >= 4 is 16.1 Å². The van der Waals surface area contributed by atoms with E-state index in [2.05, 4.69) is 25.5 Å². The molecule has 1 saturated heterocycles. The number of aryl methyl sites for hydroxylation is 1. The van der Waals surface area contributed by atoms with Crippen LogP contribution in [0.3, 0.4) is 0 Å². The number of likely N-dealkylation sites (tertiary alicyclic amines) is 1. The summed E-state index contributed by atoms with van der Waals surface area (Å²) in [5, 5.41) is 0. The third-order valence-electron chi connectivity index (χ3n) is 6.44. The highest BCUT2D eigenvalue weighted by Gasteiger charge is 2.56. The average Bonchev–Trinajstić information content (AvgIpc) is 2.64. The summed E-state index contributed by atoms with van der Waals surface area (Å²) in [4.78, 5) is 14.4. The average molecular weight is 350 g/mol. The number of piperidine rings is 1. The zero-order valence-corrected chi connectivity index (χ0v) is 15.6. The van der Waals surface area contributed by atoms with Gasteiger partial charge in [-0.25, -0.2) is 17.9 Å². The smallest absolute Gasteiger partial charge is 0.323 e. The Balaban J connectivity index is 1.75. The van der Waals surface area contributed by atoms with E-state index in [4.69, 9.17) is 0 Å². The SMILES string of the molecule is Cc1ccc(S(=O)(=O)NC(=O)N2CC3CCC(C)(C2)C3(C)C)cc1. The molecule has 132 valence electrons. The van der Waals surface area contributed by atoms with Crippen LogP contribution in [0.25, 0.3) is 0 Å². The molecule has 2 atom stereocenters. The van der Waals surface area contributed by atoms with E-state index >= 15 is 0 Å². The third-order valence-corrected chi connectivity index (χ3v) is 7.78. The molecule has 5 nitrogen and oxygen atoms in total. The first-order chi connectivity index (χ1) is 11.1. The van der Waals surface area contributed by atoms with Crippen LogP contribution in [0, 0.1) is 23.7 Å². The summed E-state index contributed by atoms with van der Waals surface area (Å²) < 4.78 is 27.1. The fourth-order valence-electron chi connectivity index (χ4n) is 4.13. The molecule has 3 rings (SSSR count). The second kappa shape index (κ2) is 5.48. The van der Waals surface area contributed by atoms with E-state index in [9.17, 15) is 13.2 Å². The second-order valence-electron chi connectivity index (χ2n) is 8.12. The van der Waals surface area contributed by atoms with Crippen molar-refractivity contribution in [3.8, 4) is 0 Å². The van der Waals surface area contributed by atoms with Crippen LogP contribution in [0.2, 0.25) is 0 Å². The predicted octanol–water partition coefficient (Wildman–Crippen LogP) is 3.15. The molecule has 2 unspecified atom stereocenters. The Hall–Kier alpha value is -1.56. The van der Waals surface area contributed by atoms with E-state index in [1.165, 1.54) is 12.1 Å². The molecule has 6 heteroatoms. The minimum absolute atomic E-state index is 0.0425. The maximum absolute atomic E-state index is 12.6. The molecular formula is C18H26N2O3S. The van der Waals surface area contributed by atoms with Gasteiger partial charge in [0, 0.05) is 13.1 Å². The van der Waals surface area contributed by atoms with E-state index in [-0.39, 0.29) is 15.7 Å². The van der Waals surface area contributed by atoms with Crippen molar-refractivity contribution < 1.29 is 13.2 Å². The predicted molar refractivity (Wildman–Crippen MR) is 93.1 cm³/mol. The van der Waals surface area contributed by atoms with Crippen molar-refractivity contribution in [3.05, 3.63) is 29.8 Å². The number of nitrogens with zero attached hydrogens (tertiary/aromatic N) is 1. The lowest BCUT2D eigenvalue weighted by molar-refractivity contribution is 0.000939. The summed E-state index contributed by atoms with van der Waals surface area (Å²) in [6, 6.07) is 5.99. The molecule has 1 aromatic rings. The summed E-state index contributed by atoms with van der Waals surface area (Å²) in [5.74, 6) is 0.420. The van der Waals surface area contributed by atoms with Gasteiger partial charge in [0.1, 0.15) is 0 Å². The highest BCUT2D eigenvalue weighted by Crippen LogP contribution is 2.58. The van der Waals surface area contributed by atoms with Crippen LogP contribution in [0.1, 0.15) is 39.2 Å². The van der Waals surface area contributed by atoms with E-state index in [0.717, 1.165) is 18.4 Å². The van der Waals surface area contributed by atoms with E-state index in [1.54, 1.807) is 17.0 Å². The molecule has 0 aromatic heterocycles. The van der Waals surface area contributed by atoms with Gasteiger partial charge in [-0.05, 0) is 48.6 Å². The molecule has 1 N–H and O–H groups in total. The topological polar surface area (TPSA) is 66.5 Å². The van der Waals surface area contributed by atoms with Gasteiger partial charge < -0.3 is 4.90 Å². The zero-order chi connectivity index (χ0) is 17.8. The molecule has 0 radical (unpaired) electrons. The van der Waals surface area contributed by atoms with Gasteiger partial charge in [0.25, 0.3) is 10.0 Å². The van der Waals surface area contributed by atoms with Crippen LogP contribution in [-0.4, -0.2) is 32.4 Å². The number of amides is 2. The van der Waals surface area contributed by atoms with Gasteiger partial charge in [0.2, 0.25) is 0 Å². The van der Waals surface area contributed by atoms with Crippen molar-refractivity contribution in [3.63, 3.8) is 0 Å². The first-order valence-corrected chi connectivity index (χ1v) is 9.92. The van der Waals surface area contributed by atoms with Gasteiger partial charge in [0.05, 0.1) is 4.90 Å². The van der Waals surface area contributed by atoms with E-state index < -0.39 is 16.1 Å². The maximum atomic E-state index is 12.6. The van der Waals surface area contributed by atoms with Crippen molar-refractivity contribution in [2.24, 2.45) is 16.7 Å². The number of hydrogen-bond donors (Lipinski definition) is 1. The Labute approximate surface area is 144 Å². The Morgan fingerprint density at radius 3 is 2.42 bits per heavy atom. The van der Waals surface area contributed by atoms with Crippen LogP contribution < -0.4 is 4.72 Å². The fourth-order valence-corrected chi connectivity index (χ4v) is 5.10. The van der Waals surface area contributed by atoms with Crippen LogP contribution in [0.4, 0.5) is 4.79 Å². The number of fused-ring (bicyclic) bond motifs is 2. The van der Waals surface area contributed by atoms with Crippen molar-refractivity contribution in [2.45, 2.75) is 45.4 Å². The first kappa shape index (κ1) is 17.3. The number of hydrogen-bond acceptors (Lipinski definition) is 3. The van der Waals surface area contributed by atoms with E-state index in [1.807, 2.05) is 6.92 Å². The van der Waals surface area contributed by atoms with Crippen molar-refractivity contribution in [1.29, 1.82) is 0 Å². The first-order valence-electron chi connectivity index (χ1n) is 8.44. The monoisotopic (exact) mass is 350 g/mol. The Bertz CT molecular complexity index is 755. The van der Waals surface area contributed by atoms with Crippen molar-refractivity contribution in [1.82, 2.24) is 9.62 Å². The molecule has 1 aromatic carbocycles. The molecule has 2 amide bonds. The maximum Gasteiger partial charge on any atom is 0.331 e. The summed E-state index contributed by atoms with van der Waals surface area (Å²) in [6.45, 7) is 9.86. The number of rotatable bonds is 2. The number of nitrogens with one attached hydrogen (secondary N) is 1. The molecule has 2 bridgehead atoms. The molecular weight excluding hydrogens is 324 g/mol. The van der Waals surface area contributed by atoms with Gasteiger partial charge in [-0.1, -0.05) is 38.5 Å². The van der Waals surface area contributed by atoms with Crippen LogP contribution in [0.5, 0.6) is 0 Å². The molecule has 24 heavy (non-hydrogen) atoms. The standard InChI is InChI=1S/C18H26N2O3S/c1-13-5-7-15(8-6-13)24(22,23)19-16(21)20-11-14-9-10-18(4,12-20)17(14,2)3/h5-8,14H,9-12H2,1-4H3,(H,19,21). The zero-order valence-electron chi connectivity index (χ0n) is 14.8. The highest BCUT2D eigenvalue weighted by atomic mass is 32.2. The van der Waals surface area contributed by atoms with Gasteiger partial charge >= 0.3 is 6.03 Å². The molecule has 1 aliphatic carbocycles. The number of carbonyl (C=O) groups is 1. The van der Waals surface area contributed by atoms with Gasteiger partial charge in [0.15, 0.2) is 0 Å². The Morgan fingerprint density at radius 1 is 1.21 bits per heavy atom. The minimum Gasteiger partial charge on any atom is -0.323 e.